The first kappa shape index (κ1) is 31.2. The summed E-state index contributed by atoms with van der Waals surface area (Å²) in [6.45, 7) is 5.77. The fourth-order valence-electron chi connectivity index (χ4n) is 6.90. The predicted molar refractivity (Wildman–Crippen MR) is 174 cm³/mol. The molecule has 1 saturated heterocycles. The van der Waals surface area contributed by atoms with E-state index in [0.29, 0.717) is 18.8 Å². The van der Waals surface area contributed by atoms with Gasteiger partial charge in [0.25, 0.3) is 0 Å². The standard InChI is InChI=1S/C37H40N4O5/c1-37(2,3)46-36(44)41-30-15-14-28(17-30)34(41)35(43)39-29(21-38)16-27-13-11-25(19-32(27)45-22-23-8-6-5-7-9-23)24-10-12-26-20-33(42)40(4)31(26)18-24/h5-13,18-19,28-30,34H,14-17,20,22H2,1-4H3,(H,39,43). The maximum atomic E-state index is 13.7. The number of amides is 3. The Bertz CT molecular complexity index is 1690. The number of nitrogens with one attached hydrogen (secondary N) is 1. The molecule has 2 aliphatic heterocycles. The molecular formula is C37H40N4O5. The van der Waals surface area contributed by atoms with Gasteiger partial charge in [-0.3, -0.25) is 14.5 Å². The highest BCUT2D eigenvalue weighted by Crippen LogP contribution is 2.43. The number of likely N-dealkylation sites (tertiary alicyclic amines) is 1. The lowest BCUT2D eigenvalue weighted by molar-refractivity contribution is -0.128. The highest BCUT2D eigenvalue weighted by atomic mass is 16.6. The van der Waals surface area contributed by atoms with E-state index in [9.17, 15) is 19.6 Å². The molecule has 9 nitrogen and oxygen atoms in total. The molecule has 4 atom stereocenters. The Balaban J connectivity index is 1.23. The first-order chi connectivity index (χ1) is 22.0. The van der Waals surface area contributed by atoms with Crippen molar-refractivity contribution < 1.29 is 23.9 Å². The van der Waals surface area contributed by atoms with Gasteiger partial charge in [0.1, 0.15) is 30.0 Å². The van der Waals surface area contributed by atoms with Crippen LogP contribution >= 0.6 is 0 Å². The van der Waals surface area contributed by atoms with Gasteiger partial charge in [-0.05, 0) is 85.9 Å². The second kappa shape index (κ2) is 12.5. The number of hydrogen-bond acceptors (Lipinski definition) is 6. The molecule has 1 N–H and O–H groups in total. The molecule has 3 aromatic rings. The molecule has 3 aliphatic rings. The molecule has 2 bridgehead atoms. The number of benzene rings is 3. The summed E-state index contributed by atoms with van der Waals surface area (Å²) in [7, 11) is 1.79. The summed E-state index contributed by atoms with van der Waals surface area (Å²) in [6.07, 6.45) is 2.62. The SMILES string of the molecule is CN1C(=O)Cc2ccc(-c3ccc(CC(C#N)NC(=O)C4C5CCC(C5)N4C(=O)OC(C)(C)C)c(OCc4ccccc4)c3)cc21. The summed E-state index contributed by atoms with van der Waals surface area (Å²) in [5, 5.41) is 13.1. The van der Waals surface area contributed by atoms with Gasteiger partial charge >= 0.3 is 6.09 Å². The smallest absolute Gasteiger partial charge is 0.411 e. The van der Waals surface area contributed by atoms with E-state index in [1.54, 1.807) is 16.8 Å². The van der Waals surface area contributed by atoms with E-state index in [1.807, 2.05) is 87.5 Å². The summed E-state index contributed by atoms with van der Waals surface area (Å²) in [4.78, 5) is 42.3. The van der Waals surface area contributed by atoms with Crippen molar-refractivity contribution in [2.75, 3.05) is 11.9 Å². The van der Waals surface area contributed by atoms with E-state index in [4.69, 9.17) is 9.47 Å². The number of rotatable bonds is 8. The number of carbonyl (C=O) groups is 3. The molecule has 4 unspecified atom stereocenters. The van der Waals surface area contributed by atoms with Crippen molar-refractivity contribution in [3.05, 3.63) is 83.4 Å². The lowest BCUT2D eigenvalue weighted by atomic mass is 9.96. The van der Waals surface area contributed by atoms with E-state index >= 15 is 0 Å². The van der Waals surface area contributed by atoms with Crippen LogP contribution in [0.1, 0.15) is 56.7 Å². The topological polar surface area (TPSA) is 112 Å². The van der Waals surface area contributed by atoms with Crippen molar-refractivity contribution >= 4 is 23.6 Å². The van der Waals surface area contributed by atoms with E-state index in [1.165, 1.54) is 0 Å². The average molecular weight is 621 g/mol. The molecule has 3 aromatic carbocycles. The minimum atomic E-state index is -0.836. The Morgan fingerprint density at radius 3 is 2.52 bits per heavy atom. The van der Waals surface area contributed by atoms with E-state index in [0.717, 1.165) is 52.8 Å². The van der Waals surface area contributed by atoms with Crippen molar-refractivity contribution in [3.63, 3.8) is 0 Å². The number of likely N-dealkylation sites (N-methyl/N-ethyl adjacent to an activating group) is 1. The summed E-state index contributed by atoms with van der Waals surface area (Å²) in [5.41, 5.74) is 4.85. The molecule has 1 aliphatic carbocycles. The average Bonchev–Trinajstić information content (AvgIpc) is 3.73. The quantitative estimate of drug-likeness (QED) is 0.341. The molecule has 2 heterocycles. The zero-order valence-corrected chi connectivity index (χ0v) is 26.8. The zero-order chi connectivity index (χ0) is 32.6. The third-order valence-corrected chi connectivity index (χ3v) is 9.15. The van der Waals surface area contributed by atoms with Crippen molar-refractivity contribution in [2.45, 2.75) is 83.2 Å². The second-order valence-electron chi connectivity index (χ2n) is 13.5. The molecular weight excluding hydrogens is 580 g/mol. The molecule has 0 radical (unpaired) electrons. The van der Waals surface area contributed by atoms with E-state index in [2.05, 4.69) is 11.4 Å². The fraction of sp³-hybridized carbons (Fsp3) is 0.405. The molecule has 6 rings (SSSR count). The number of piperidine rings is 1. The van der Waals surface area contributed by atoms with Gasteiger partial charge in [0.2, 0.25) is 11.8 Å². The maximum Gasteiger partial charge on any atom is 0.411 e. The van der Waals surface area contributed by atoms with Gasteiger partial charge in [0.15, 0.2) is 0 Å². The third kappa shape index (κ3) is 6.43. The van der Waals surface area contributed by atoms with Crippen LogP contribution in [0.4, 0.5) is 10.5 Å². The molecule has 46 heavy (non-hydrogen) atoms. The van der Waals surface area contributed by atoms with Crippen LogP contribution in [0.5, 0.6) is 5.75 Å². The molecule has 9 heteroatoms. The molecule has 238 valence electrons. The molecule has 1 saturated carbocycles. The van der Waals surface area contributed by atoms with Gasteiger partial charge in [0.05, 0.1) is 12.5 Å². The van der Waals surface area contributed by atoms with Crippen LogP contribution in [0.3, 0.4) is 0 Å². The number of anilines is 1. The van der Waals surface area contributed by atoms with Crippen LogP contribution in [0.25, 0.3) is 11.1 Å². The van der Waals surface area contributed by atoms with Gasteiger partial charge in [-0.1, -0.05) is 54.6 Å². The highest BCUT2D eigenvalue weighted by molar-refractivity contribution is 6.01. The number of hydrogen-bond donors (Lipinski definition) is 1. The maximum absolute atomic E-state index is 13.7. The van der Waals surface area contributed by atoms with E-state index < -0.39 is 23.8 Å². The number of nitrogens with zero attached hydrogens (tertiary/aromatic N) is 3. The Morgan fingerprint density at radius 2 is 1.78 bits per heavy atom. The highest BCUT2D eigenvalue weighted by Gasteiger charge is 2.52. The van der Waals surface area contributed by atoms with Gasteiger partial charge in [-0.25, -0.2) is 4.79 Å². The van der Waals surface area contributed by atoms with Crippen molar-refractivity contribution in [3.8, 4) is 22.9 Å². The summed E-state index contributed by atoms with van der Waals surface area (Å²) in [6, 6.07) is 22.4. The van der Waals surface area contributed by atoms with Crippen LogP contribution in [0.15, 0.2) is 66.7 Å². The van der Waals surface area contributed by atoms with Crippen molar-refractivity contribution in [1.82, 2.24) is 10.2 Å². The Labute approximate surface area is 270 Å². The van der Waals surface area contributed by atoms with Crippen molar-refractivity contribution in [1.29, 1.82) is 5.26 Å². The Morgan fingerprint density at radius 1 is 1.04 bits per heavy atom. The lowest BCUT2D eigenvalue weighted by Crippen LogP contribution is -2.55. The van der Waals surface area contributed by atoms with Crippen LogP contribution < -0.4 is 15.0 Å². The fourth-order valence-corrected chi connectivity index (χ4v) is 6.90. The van der Waals surface area contributed by atoms with Crippen LogP contribution in [0, 0.1) is 17.2 Å². The molecule has 2 fully saturated rings. The zero-order valence-electron chi connectivity index (χ0n) is 26.8. The first-order valence-corrected chi connectivity index (χ1v) is 15.9. The minimum Gasteiger partial charge on any atom is -0.489 e. The third-order valence-electron chi connectivity index (χ3n) is 9.15. The number of ether oxygens (including phenoxy) is 2. The number of fused-ring (bicyclic) bond motifs is 3. The normalized spacial score (nSPS) is 20.7. The Hall–Kier alpha value is -4.84. The van der Waals surface area contributed by atoms with Gasteiger partial charge in [0, 0.05) is 25.2 Å². The van der Waals surface area contributed by atoms with Gasteiger partial charge in [-0.15, -0.1) is 0 Å². The van der Waals surface area contributed by atoms with Crippen LogP contribution in [0.2, 0.25) is 0 Å². The Kier molecular flexibility index (Phi) is 8.47. The second-order valence-corrected chi connectivity index (χ2v) is 13.5. The monoisotopic (exact) mass is 620 g/mol. The predicted octanol–water partition coefficient (Wildman–Crippen LogP) is 5.79. The van der Waals surface area contributed by atoms with E-state index in [-0.39, 0.29) is 30.2 Å². The largest absolute Gasteiger partial charge is 0.489 e. The molecule has 0 aromatic heterocycles. The molecule has 0 spiro atoms. The summed E-state index contributed by atoms with van der Waals surface area (Å²) < 4.78 is 12.0. The summed E-state index contributed by atoms with van der Waals surface area (Å²) in [5.74, 6) is 0.391. The first-order valence-electron chi connectivity index (χ1n) is 15.9. The van der Waals surface area contributed by atoms with Gasteiger partial charge in [-0.2, -0.15) is 5.26 Å². The lowest BCUT2D eigenvalue weighted by Gasteiger charge is -2.35. The van der Waals surface area contributed by atoms with Gasteiger partial charge < -0.3 is 19.7 Å². The van der Waals surface area contributed by atoms with Crippen molar-refractivity contribution in [2.24, 2.45) is 5.92 Å². The molecule has 3 amide bonds. The number of nitriles is 1. The minimum absolute atomic E-state index is 0.0289. The number of carbonyl (C=O) groups excluding carboxylic acids is 3. The van der Waals surface area contributed by atoms with Crippen LogP contribution in [-0.2, 0) is 33.8 Å². The van der Waals surface area contributed by atoms with Crippen LogP contribution in [-0.4, -0.2) is 53.6 Å². The summed E-state index contributed by atoms with van der Waals surface area (Å²) >= 11 is 0.